The molecule has 4 aliphatic rings. The van der Waals surface area contributed by atoms with E-state index >= 15 is 0 Å². The van der Waals surface area contributed by atoms with Crippen LogP contribution in [0.1, 0.15) is 43.2 Å². The number of rotatable bonds is 4. The van der Waals surface area contributed by atoms with Gasteiger partial charge in [0.25, 0.3) is 0 Å². The van der Waals surface area contributed by atoms with Gasteiger partial charge in [0, 0.05) is 5.41 Å². The molecule has 216 valence electrons. The average Bonchev–Trinajstić information content (AvgIpc) is 3.05. The zero-order valence-corrected chi connectivity index (χ0v) is 24.8. The number of fused-ring (bicyclic) bond motifs is 2. The summed E-state index contributed by atoms with van der Waals surface area (Å²) < 4.78 is 0. The summed E-state index contributed by atoms with van der Waals surface area (Å²) in [6, 6.07) is 42.8. The summed E-state index contributed by atoms with van der Waals surface area (Å²) in [5.41, 5.74) is 6.97. The first-order chi connectivity index (χ1) is 21.6. The van der Waals surface area contributed by atoms with Crippen LogP contribution in [0.2, 0.25) is 0 Å². The first-order valence-electron chi connectivity index (χ1n) is 16.2. The van der Waals surface area contributed by atoms with Crippen molar-refractivity contribution in [2.75, 3.05) is 0 Å². The topological polar surface area (TPSA) is 40.5 Å². The fourth-order valence-electron chi connectivity index (χ4n) is 9.93. The molecule has 0 amide bonds. The Morgan fingerprint density at radius 3 is 1.32 bits per heavy atom. The highest BCUT2D eigenvalue weighted by Gasteiger charge is 2.59. The van der Waals surface area contributed by atoms with E-state index in [1.54, 1.807) is 0 Å². The Balaban J connectivity index is 1.34. The predicted molar refractivity (Wildman–Crippen MR) is 180 cm³/mol. The maximum Gasteiger partial charge on any atom is 0.116 e. The molecule has 6 aromatic carbocycles. The number of aromatic hydroxyl groups is 2. The van der Waals surface area contributed by atoms with Gasteiger partial charge in [-0.25, -0.2) is 0 Å². The second-order valence-corrected chi connectivity index (χ2v) is 13.8. The largest absolute Gasteiger partial charge is 0.508 e. The SMILES string of the molecule is Oc1ccc(C2(c3ccc(O)cc3-c3ccc4ccccc4c3)C3CC4CC(C3)CC2C4)c(-c2ccc3ccccc3c2)c1. The molecule has 0 aliphatic heterocycles. The zero-order chi connectivity index (χ0) is 29.4. The summed E-state index contributed by atoms with van der Waals surface area (Å²) in [4.78, 5) is 0. The number of hydrogen-bond acceptors (Lipinski definition) is 2. The van der Waals surface area contributed by atoms with Crippen molar-refractivity contribution in [2.45, 2.75) is 37.5 Å². The predicted octanol–water partition coefficient (Wildman–Crippen LogP) is 10.5. The summed E-state index contributed by atoms with van der Waals surface area (Å²) in [5, 5.41) is 26.8. The van der Waals surface area contributed by atoms with Crippen molar-refractivity contribution in [3.8, 4) is 33.8 Å². The van der Waals surface area contributed by atoms with Crippen molar-refractivity contribution in [2.24, 2.45) is 23.7 Å². The van der Waals surface area contributed by atoms with Gasteiger partial charge in [-0.2, -0.15) is 0 Å². The van der Waals surface area contributed by atoms with Gasteiger partial charge in [0.05, 0.1) is 0 Å². The fourth-order valence-corrected chi connectivity index (χ4v) is 9.93. The summed E-state index contributed by atoms with van der Waals surface area (Å²) in [6.07, 6.45) is 6.33. The minimum atomic E-state index is -0.225. The summed E-state index contributed by atoms with van der Waals surface area (Å²) in [5.74, 6) is 3.21. The molecule has 0 heterocycles. The van der Waals surface area contributed by atoms with Gasteiger partial charge in [-0.1, -0.05) is 84.9 Å². The molecule has 0 aromatic heterocycles. The molecule has 0 spiro atoms. The Kier molecular flexibility index (Phi) is 5.72. The van der Waals surface area contributed by atoms with Crippen LogP contribution in [0.25, 0.3) is 43.8 Å². The summed E-state index contributed by atoms with van der Waals surface area (Å²) in [7, 11) is 0. The molecule has 0 unspecified atom stereocenters. The van der Waals surface area contributed by atoms with E-state index in [4.69, 9.17) is 0 Å². The van der Waals surface area contributed by atoms with Crippen molar-refractivity contribution in [1.82, 2.24) is 0 Å². The lowest BCUT2D eigenvalue weighted by Crippen LogP contribution is -2.56. The van der Waals surface area contributed by atoms with Crippen LogP contribution < -0.4 is 0 Å². The molecule has 0 radical (unpaired) electrons. The third-order valence-electron chi connectivity index (χ3n) is 11.4. The van der Waals surface area contributed by atoms with Gasteiger partial charge in [0.15, 0.2) is 0 Å². The Hall–Kier alpha value is -4.56. The quantitative estimate of drug-likeness (QED) is 0.221. The smallest absolute Gasteiger partial charge is 0.116 e. The van der Waals surface area contributed by atoms with E-state index in [9.17, 15) is 10.2 Å². The highest BCUT2D eigenvalue weighted by atomic mass is 16.3. The van der Waals surface area contributed by atoms with Crippen LogP contribution in [0, 0.1) is 23.7 Å². The maximum absolute atomic E-state index is 11.0. The minimum absolute atomic E-state index is 0.225. The highest BCUT2D eigenvalue weighted by molar-refractivity contribution is 5.90. The van der Waals surface area contributed by atoms with Crippen LogP contribution in [0.15, 0.2) is 121 Å². The van der Waals surface area contributed by atoms with Crippen molar-refractivity contribution in [1.29, 1.82) is 0 Å². The van der Waals surface area contributed by atoms with Gasteiger partial charge >= 0.3 is 0 Å². The summed E-state index contributed by atoms with van der Waals surface area (Å²) in [6.45, 7) is 0. The first-order valence-corrected chi connectivity index (χ1v) is 16.2. The molecule has 4 aliphatic carbocycles. The molecule has 0 atom stereocenters. The average molecular weight is 573 g/mol. The number of phenols is 2. The van der Waals surface area contributed by atoms with E-state index in [-0.39, 0.29) is 5.41 Å². The molecule has 4 fully saturated rings. The first kappa shape index (κ1) is 25.9. The van der Waals surface area contributed by atoms with Crippen molar-refractivity contribution in [3.63, 3.8) is 0 Å². The molecule has 4 bridgehead atoms. The van der Waals surface area contributed by atoms with Gasteiger partial charge in [-0.3, -0.25) is 0 Å². The molecule has 0 saturated heterocycles. The van der Waals surface area contributed by atoms with Crippen LogP contribution in [0.4, 0.5) is 0 Å². The Bertz CT molecular complexity index is 1910. The van der Waals surface area contributed by atoms with E-state index in [0.717, 1.165) is 34.1 Å². The molecule has 4 saturated carbocycles. The second-order valence-electron chi connectivity index (χ2n) is 13.8. The molecule has 2 nitrogen and oxygen atoms in total. The minimum Gasteiger partial charge on any atom is -0.508 e. The number of benzene rings is 6. The molecule has 44 heavy (non-hydrogen) atoms. The van der Waals surface area contributed by atoms with E-state index < -0.39 is 0 Å². The maximum atomic E-state index is 11.0. The van der Waals surface area contributed by atoms with E-state index in [1.165, 1.54) is 64.8 Å². The normalized spacial score (nSPS) is 23.4. The van der Waals surface area contributed by atoms with E-state index in [2.05, 4.69) is 97.1 Å². The lowest BCUT2D eigenvalue weighted by atomic mass is 9.41. The van der Waals surface area contributed by atoms with Crippen molar-refractivity contribution >= 4 is 21.5 Å². The van der Waals surface area contributed by atoms with Crippen LogP contribution >= 0.6 is 0 Å². The second kappa shape index (κ2) is 9.72. The van der Waals surface area contributed by atoms with E-state index in [0.29, 0.717) is 23.3 Å². The molecule has 2 N–H and O–H groups in total. The lowest BCUT2D eigenvalue weighted by molar-refractivity contribution is -0.0414. The van der Waals surface area contributed by atoms with Crippen LogP contribution in [-0.4, -0.2) is 10.2 Å². The molecular weight excluding hydrogens is 536 g/mol. The van der Waals surface area contributed by atoms with Crippen molar-refractivity contribution in [3.05, 3.63) is 132 Å². The third kappa shape index (κ3) is 3.86. The fraction of sp³-hybridized carbons (Fsp3) is 0.238. The van der Waals surface area contributed by atoms with Gasteiger partial charge in [0.1, 0.15) is 11.5 Å². The lowest BCUT2D eigenvalue weighted by Gasteiger charge is -2.62. The highest BCUT2D eigenvalue weighted by Crippen LogP contribution is 2.67. The van der Waals surface area contributed by atoms with Gasteiger partial charge in [0.2, 0.25) is 0 Å². The Morgan fingerprint density at radius 1 is 0.432 bits per heavy atom. The van der Waals surface area contributed by atoms with Crippen LogP contribution in [0.3, 0.4) is 0 Å². The summed E-state index contributed by atoms with van der Waals surface area (Å²) >= 11 is 0. The van der Waals surface area contributed by atoms with Gasteiger partial charge in [-0.15, -0.1) is 0 Å². The Morgan fingerprint density at radius 2 is 0.864 bits per heavy atom. The number of hydrogen-bond donors (Lipinski definition) is 2. The van der Waals surface area contributed by atoms with Crippen LogP contribution in [0.5, 0.6) is 11.5 Å². The van der Waals surface area contributed by atoms with Crippen LogP contribution in [-0.2, 0) is 5.41 Å². The number of phenolic OH excluding ortho intramolecular Hbond substituents is 2. The molecule has 10 rings (SSSR count). The zero-order valence-electron chi connectivity index (χ0n) is 24.8. The Labute approximate surface area is 258 Å². The monoisotopic (exact) mass is 572 g/mol. The molecular formula is C42H36O2. The molecule has 2 heteroatoms. The van der Waals surface area contributed by atoms with E-state index in [1.807, 2.05) is 24.3 Å². The standard InChI is InChI=1S/C42H36O2/c43-36-13-15-40(38(24-36)32-11-9-28-5-1-3-7-30(28)22-32)42(34-18-26-17-27(20-34)21-35(42)19-26)41-16-14-37(44)25-39(41)33-12-10-29-6-2-4-8-31(29)23-33/h1-16,22-27,34-35,43-44H,17-21H2. The van der Waals surface area contributed by atoms with Gasteiger partial charge < -0.3 is 10.2 Å². The molecule has 6 aromatic rings. The van der Waals surface area contributed by atoms with Gasteiger partial charge in [-0.05, 0) is 147 Å². The van der Waals surface area contributed by atoms with Crippen molar-refractivity contribution < 1.29 is 10.2 Å². The third-order valence-corrected chi connectivity index (χ3v) is 11.4.